The average molecular weight is 415 g/mol. The van der Waals surface area contributed by atoms with Gasteiger partial charge in [0.1, 0.15) is 6.61 Å². The molecule has 164 valence electrons. The molecule has 0 atom stereocenters. The van der Waals surface area contributed by atoms with E-state index >= 15 is 0 Å². The third-order valence-electron chi connectivity index (χ3n) is 4.19. The molecule has 6 heteroatoms. The third-order valence-corrected chi connectivity index (χ3v) is 4.19. The first-order valence-corrected chi connectivity index (χ1v) is 10.6. The van der Waals surface area contributed by atoms with E-state index in [1.165, 1.54) is 28.7 Å². The van der Waals surface area contributed by atoms with Gasteiger partial charge in [-0.2, -0.15) is 0 Å². The quantitative estimate of drug-likeness (QED) is 0.575. The van der Waals surface area contributed by atoms with Crippen LogP contribution in [-0.4, -0.2) is 43.4 Å². The van der Waals surface area contributed by atoms with Gasteiger partial charge in [-0.25, -0.2) is 4.79 Å². The van der Waals surface area contributed by atoms with Crippen LogP contribution in [0.15, 0.2) is 48.5 Å². The first-order valence-electron chi connectivity index (χ1n) is 10.6. The second kappa shape index (κ2) is 14.2. The SMILES string of the molecule is CC.CCC.O=C(O)CNCCNC(=O)OCC1c2ccccc2-c2ccccc21. The summed E-state index contributed by atoms with van der Waals surface area (Å²) in [5.74, 6) is -0.899. The average Bonchev–Trinajstić information content (AvgIpc) is 3.08. The first-order chi connectivity index (χ1) is 14.6. The molecule has 1 aliphatic rings. The summed E-state index contributed by atoms with van der Waals surface area (Å²) in [7, 11) is 0. The number of rotatable bonds is 7. The van der Waals surface area contributed by atoms with Crippen LogP contribution in [0.1, 0.15) is 51.2 Å². The lowest BCUT2D eigenvalue weighted by atomic mass is 9.98. The fraction of sp³-hybridized carbons (Fsp3) is 0.417. The zero-order valence-electron chi connectivity index (χ0n) is 18.4. The predicted molar refractivity (Wildman–Crippen MR) is 121 cm³/mol. The Balaban J connectivity index is 0.000000826. The van der Waals surface area contributed by atoms with Crippen molar-refractivity contribution in [2.45, 2.75) is 40.0 Å². The second-order valence-electron chi connectivity index (χ2n) is 6.53. The Morgan fingerprint density at radius 1 is 0.933 bits per heavy atom. The maximum atomic E-state index is 11.8. The van der Waals surface area contributed by atoms with Crippen LogP contribution in [0.2, 0.25) is 0 Å². The van der Waals surface area contributed by atoms with Crippen molar-refractivity contribution in [2.24, 2.45) is 0 Å². The van der Waals surface area contributed by atoms with E-state index in [1.807, 2.05) is 38.1 Å². The Bertz CT molecular complexity index is 747. The minimum absolute atomic E-state index is 0.0308. The number of amides is 1. The number of benzene rings is 2. The number of hydrogen-bond donors (Lipinski definition) is 3. The number of carboxylic acid groups (broad SMARTS) is 1. The van der Waals surface area contributed by atoms with E-state index in [-0.39, 0.29) is 19.1 Å². The standard InChI is InChI=1S/C19H20N2O4.C3H8.C2H6/c22-18(23)11-20-9-10-21-19(24)25-12-17-15-7-3-1-5-13(15)14-6-2-4-8-16(14)17;1-3-2;1-2/h1-8,17,20H,9-12H2,(H,21,24)(H,22,23);3H2,1-2H3;1-2H3. The number of hydrogen-bond acceptors (Lipinski definition) is 4. The minimum Gasteiger partial charge on any atom is -0.480 e. The maximum absolute atomic E-state index is 11.8. The Labute approximate surface area is 179 Å². The third kappa shape index (κ3) is 7.52. The second-order valence-corrected chi connectivity index (χ2v) is 6.53. The summed E-state index contributed by atoms with van der Waals surface area (Å²) in [6, 6.07) is 16.3. The molecular weight excluding hydrogens is 380 g/mol. The molecule has 2 aromatic carbocycles. The van der Waals surface area contributed by atoms with Crippen molar-refractivity contribution in [3.05, 3.63) is 59.7 Å². The van der Waals surface area contributed by atoms with Crippen molar-refractivity contribution in [2.75, 3.05) is 26.2 Å². The highest BCUT2D eigenvalue weighted by Crippen LogP contribution is 2.44. The molecule has 3 N–H and O–H groups in total. The molecule has 30 heavy (non-hydrogen) atoms. The summed E-state index contributed by atoms with van der Waals surface area (Å²) in [5, 5.41) is 13.8. The van der Waals surface area contributed by atoms with Gasteiger partial charge in [-0.3, -0.25) is 4.79 Å². The van der Waals surface area contributed by atoms with E-state index < -0.39 is 12.1 Å². The number of aliphatic carboxylic acids is 1. The summed E-state index contributed by atoms with van der Waals surface area (Å²) in [6.07, 6.45) is 0.749. The molecule has 0 aliphatic heterocycles. The van der Waals surface area contributed by atoms with Crippen molar-refractivity contribution in [3.8, 4) is 11.1 Å². The molecule has 2 aromatic rings. The number of ether oxygens (including phenoxy) is 1. The number of carboxylic acids is 1. The molecule has 0 aromatic heterocycles. The van der Waals surface area contributed by atoms with E-state index in [9.17, 15) is 9.59 Å². The molecule has 0 radical (unpaired) electrons. The van der Waals surface area contributed by atoms with Crippen molar-refractivity contribution >= 4 is 12.1 Å². The van der Waals surface area contributed by atoms with E-state index in [0.29, 0.717) is 13.1 Å². The number of alkyl carbamates (subject to hydrolysis) is 1. The predicted octanol–water partition coefficient (Wildman–Crippen LogP) is 4.64. The van der Waals surface area contributed by atoms with Gasteiger partial charge in [0.25, 0.3) is 0 Å². The fourth-order valence-corrected chi connectivity index (χ4v) is 3.10. The Morgan fingerprint density at radius 3 is 1.93 bits per heavy atom. The highest BCUT2D eigenvalue weighted by Gasteiger charge is 2.28. The zero-order valence-corrected chi connectivity index (χ0v) is 18.4. The van der Waals surface area contributed by atoms with Crippen molar-refractivity contribution in [3.63, 3.8) is 0 Å². The largest absolute Gasteiger partial charge is 0.480 e. The van der Waals surface area contributed by atoms with Crippen LogP contribution in [0, 0.1) is 0 Å². The normalized spacial score (nSPS) is 11.1. The van der Waals surface area contributed by atoms with Crippen LogP contribution in [0.4, 0.5) is 4.79 Å². The van der Waals surface area contributed by atoms with Crippen molar-refractivity contribution in [1.29, 1.82) is 0 Å². The topological polar surface area (TPSA) is 87.7 Å². The maximum Gasteiger partial charge on any atom is 0.407 e. The lowest BCUT2D eigenvalue weighted by molar-refractivity contribution is -0.135. The Morgan fingerprint density at radius 2 is 1.43 bits per heavy atom. The molecule has 0 heterocycles. The summed E-state index contributed by atoms with van der Waals surface area (Å²) in [5.41, 5.74) is 4.70. The molecule has 0 saturated carbocycles. The first kappa shape index (κ1) is 25.2. The monoisotopic (exact) mass is 414 g/mol. The van der Waals surface area contributed by atoms with E-state index in [1.54, 1.807) is 0 Å². The molecule has 3 rings (SSSR count). The summed E-state index contributed by atoms with van der Waals surface area (Å²) < 4.78 is 5.37. The number of carbonyl (C=O) groups excluding carboxylic acids is 1. The van der Waals surface area contributed by atoms with E-state index in [0.717, 1.165) is 0 Å². The van der Waals surface area contributed by atoms with E-state index in [2.05, 4.69) is 48.7 Å². The van der Waals surface area contributed by atoms with Crippen LogP contribution >= 0.6 is 0 Å². The molecule has 6 nitrogen and oxygen atoms in total. The van der Waals surface area contributed by atoms with Gasteiger partial charge in [0.05, 0.1) is 6.54 Å². The van der Waals surface area contributed by atoms with Gasteiger partial charge in [0, 0.05) is 19.0 Å². The van der Waals surface area contributed by atoms with Crippen LogP contribution in [0.25, 0.3) is 11.1 Å². The fourth-order valence-electron chi connectivity index (χ4n) is 3.10. The highest BCUT2D eigenvalue weighted by atomic mass is 16.5. The van der Waals surface area contributed by atoms with Crippen LogP contribution in [-0.2, 0) is 9.53 Å². The zero-order chi connectivity index (χ0) is 22.4. The minimum atomic E-state index is -0.929. The molecule has 0 saturated heterocycles. The Kier molecular flexibility index (Phi) is 11.9. The van der Waals surface area contributed by atoms with Gasteiger partial charge in [-0.05, 0) is 22.3 Å². The highest BCUT2D eigenvalue weighted by molar-refractivity contribution is 5.79. The van der Waals surface area contributed by atoms with Gasteiger partial charge in [0.15, 0.2) is 0 Å². The van der Waals surface area contributed by atoms with Gasteiger partial charge in [0.2, 0.25) is 0 Å². The summed E-state index contributed by atoms with van der Waals surface area (Å²) in [6.45, 7) is 9.06. The van der Waals surface area contributed by atoms with E-state index in [4.69, 9.17) is 9.84 Å². The smallest absolute Gasteiger partial charge is 0.407 e. The Hall–Kier alpha value is -2.86. The molecular formula is C24H34N2O4. The van der Waals surface area contributed by atoms with Gasteiger partial charge < -0.3 is 20.5 Å². The van der Waals surface area contributed by atoms with Crippen LogP contribution < -0.4 is 10.6 Å². The molecule has 0 fully saturated rings. The van der Waals surface area contributed by atoms with Crippen molar-refractivity contribution in [1.82, 2.24) is 10.6 Å². The lowest BCUT2D eigenvalue weighted by Gasteiger charge is -2.14. The van der Waals surface area contributed by atoms with Gasteiger partial charge in [-0.15, -0.1) is 0 Å². The lowest BCUT2D eigenvalue weighted by Crippen LogP contribution is -2.34. The molecule has 0 bridgehead atoms. The van der Waals surface area contributed by atoms with Gasteiger partial charge >= 0.3 is 12.1 Å². The molecule has 0 unspecified atom stereocenters. The van der Waals surface area contributed by atoms with Gasteiger partial charge in [-0.1, -0.05) is 82.6 Å². The molecule has 0 spiro atoms. The summed E-state index contributed by atoms with van der Waals surface area (Å²) in [4.78, 5) is 22.2. The molecule has 1 aliphatic carbocycles. The number of carbonyl (C=O) groups is 2. The number of nitrogens with one attached hydrogen (secondary N) is 2. The van der Waals surface area contributed by atoms with Crippen molar-refractivity contribution < 1.29 is 19.4 Å². The summed E-state index contributed by atoms with van der Waals surface area (Å²) >= 11 is 0. The number of fused-ring (bicyclic) bond motifs is 3. The van der Waals surface area contributed by atoms with Crippen LogP contribution in [0.3, 0.4) is 0 Å². The molecule has 1 amide bonds. The van der Waals surface area contributed by atoms with Crippen LogP contribution in [0.5, 0.6) is 0 Å².